The average molecular weight is 546 g/mol. The van der Waals surface area contributed by atoms with E-state index in [1.165, 1.54) is 5.56 Å². The Morgan fingerprint density at radius 2 is 1.79 bits per heavy atom. The second-order valence-corrected chi connectivity index (χ2v) is 11.9. The number of nitrogens with one attached hydrogen (secondary N) is 2. The molecule has 10 heteroatoms. The van der Waals surface area contributed by atoms with E-state index in [1.807, 2.05) is 24.3 Å². The summed E-state index contributed by atoms with van der Waals surface area (Å²) in [6, 6.07) is 14.3. The van der Waals surface area contributed by atoms with Crippen LogP contribution in [0.15, 0.2) is 58.5 Å². The van der Waals surface area contributed by atoms with Crippen molar-refractivity contribution in [1.29, 1.82) is 0 Å². The number of hydrogen-bond acceptors (Lipinski definition) is 8. The number of amides is 1. The molecule has 1 amide bonds. The molecule has 38 heavy (non-hydrogen) atoms. The van der Waals surface area contributed by atoms with Crippen molar-refractivity contribution < 1.29 is 27.8 Å². The van der Waals surface area contributed by atoms with Crippen LogP contribution in [0.3, 0.4) is 0 Å². The second kappa shape index (κ2) is 15.0. The van der Waals surface area contributed by atoms with Gasteiger partial charge in [-0.25, -0.2) is 13.8 Å². The van der Waals surface area contributed by atoms with E-state index < -0.39 is 15.9 Å². The molecule has 0 fully saturated rings. The first-order valence-corrected chi connectivity index (χ1v) is 14.7. The highest BCUT2D eigenvalue weighted by atomic mass is 32.2. The van der Waals surface area contributed by atoms with E-state index >= 15 is 0 Å². The zero-order valence-corrected chi connectivity index (χ0v) is 23.0. The van der Waals surface area contributed by atoms with Crippen molar-refractivity contribution in [2.45, 2.75) is 50.5 Å². The third-order valence-corrected chi connectivity index (χ3v) is 7.77. The quantitative estimate of drug-likeness (QED) is 0.277. The number of carbonyl (C=O) groups excluding carboxylic acids is 1. The smallest absolute Gasteiger partial charge is 0.240 e. The maximum Gasteiger partial charge on any atom is 0.240 e. The molecular formula is C28H39N3O6S. The fourth-order valence-corrected chi connectivity index (χ4v) is 5.13. The summed E-state index contributed by atoms with van der Waals surface area (Å²) in [5.74, 6) is 1.09. The van der Waals surface area contributed by atoms with Crippen molar-refractivity contribution in [1.82, 2.24) is 10.7 Å². The van der Waals surface area contributed by atoms with Gasteiger partial charge in [0.25, 0.3) is 0 Å². The number of hydrazone groups is 1. The molecule has 0 bridgehead atoms. The molecule has 2 aromatic rings. The van der Waals surface area contributed by atoms with Crippen molar-refractivity contribution in [2.75, 3.05) is 38.7 Å². The zero-order valence-electron chi connectivity index (χ0n) is 22.2. The first-order chi connectivity index (χ1) is 18.2. The minimum absolute atomic E-state index is 0.00218. The van der Waals surface area contributed by atoms with Crippen LogP contribution in [0.4, 0.5) is 0 Å². The molecule has 0 spiro atoms. The summed E-state index contributed by atoms with van der Waals surface area (Å²) in [5, 5.41) is 17.3. The fourth-order valence-electron chi connectivity index (χ4n) is 3.82. The van der Waals surface area contributed by atoms with Crippen LogP contribution in [-0.4, -0.2) is 69.9 Å². The number of sulfone groups is 1. The monoisotopic (exact) mass is 545 g/mol. The van der Waals surface area contributed by atoms with Crippen LogP contribution < -0.4 is 15.5 Å². The van der Waals surface area contributed by atoms with E-state index in [-0.39, 0.29) is 23.2 Å². The molecule has 1 heterocycles. The Morgan fingerprint density at radius 3 is 2.45 bits per heavy atom. The first-order valence-electron chi connectivity index (χ1n) is 13.1. The van der Waals surface area contributed by atoms with E-state index in [0.29, 0.717) is 50.6 Å². The predicted molar refractivity (Wildman–Crippen MR) is 147 cm³/mol. The number of aliphatic hydroxyl groups is 1. The molecule has 0 aromatic heterocycles. The lowest BCUT2D eigenvalue weighted by molar-refractivity contribution is -0.121. The Bertz CT molecular complexity index is 1150. The summed E-state index contributed by atoms with van der Waals surface area (Å²) < 4.78 is 36.6. The van der Waals surface area contributed by atoms with Gasteiger partial charge in [-0.15, -0.1) is 0 Å². The van der Waals surface area contributed by atoms with Gasteiger partial charge in [-0.3, -0.25) is 4.79 Å². The van der Waals surface area contributed by atoms with Crippen molar-refractivity contribution in [3.8, 4) is 5.75 Å². The normalized spacial score (nSPS) is 14.7. The van der Waals surface area contributed by atoms with E-state index in [9.17, 15) is 18.3 Å². The van der Waals surface area contributed by atoms with Crippen molar-refractivity contribution >= 4 is 21.5 Å². The summed E-state index contributed by atoms with van der Waals surface area (Å²) in [5.41, 5.74) is 5.15. The molecule has 2 aromatic carbocycles. The number of carbonyl (C=O) groups is 1. The molecule has 9 nitrogen and oxygen atoms in total. The van der Waals surface area contributed by atoms with Gasteiger partial charge >= 0.3 is 0 Å². The molecule has 1 unspecified atom stereocenters. The molecule has 0 saturated carbocycles. The van der Waals surface area contributed by atoms with Crippen LogP contribution in [0, 0.1) is 5.92 Å². The van der Waals surface area contributed by atoms with Gasteiger partial charge in [-0.2, -0.15) is 5.10 Å². The van der Waals surface area contributed by atoms with Gasteiger partial charge in [0.2, 0.25) is 5.91 Å². The summed E-state index contributed by atoms with van der Waals surface area (Å²) in [6.45, 7) is 6.61. The maximum absolute atomic E-state index is 12.7. The number of benzene rings is 2. The molecule has 3 N–H and O–H groups in total. The summed E-state index contributed by atoms with van der Waals surface area (Å²) in [7, 11) is -3.42. The fraction of sp³-hybridized carbons (Fsp3) is 0.500. The van der Waals surface area contributed by atoms with Gasteiger partial charge in [-0.05, 0) is 60.7 Å². The number of nitrogens with zero attached hydrogens (tertiary/aromatic N) is 1. The molecule has 1 aliphatic rings. The standard InChI is InChI=1S/C28H39N3O6S/c1-21(2)19-36-16-14-22-4-8-25(9-5-22)37-20-24(32)18-29-15-3-17-38(34,35)26-10-6-23(7-11-26)27-12-13-28(33)31-30-27/h4-11,21,24,29,32H,3,12-20H2,1-2H3,(H,31,33). The Morgan fingerprint density at radius 1 is 1.05 bits per heavy atom. The maximum atomic E-state index is 12.7. The van der Waals surface area contributed by atoms with E-state index in [1.54, 1.807) is 24.3 Å². The van der Waals surface area contributed by atoms with Crippen LogP contribution in [0.25, 0.3) is 0 Å². The first kappa shape index (κ1) is 29.8. The van der Waals surface area contributed by atoms with Crippen molar-refractivity contribution in [3.63, 3.8) is 0 Å². The molecule has 3 rings (SSSR count). The highest BCUT2D eigenvalue weighted by Gasteiger charge is 2.17. The van der Waals surface area contributed by atoms with Gasteiger partial charge in [0.05, 0.1) is 23.0 Å². The largest absolute Gasteiger partial charge is 0.491 e. The van der Waals surface area contributed by atoms with Gasteiger partial charge in [0.15, 0.2) is 9.84 Å². The molecule has 1 atom stereocenters. The number of ether oxygens (including phenoxy) is 2. The molecule has 0 saturated heterocycles. The summed E-state index contributed by atoms with van der Waals surface area (Å²) in [6.07, 6.45) is 1.45. The Kier molecular flexibility index (Phi) is 11.7. The van der Waals surface area contributed by atoms with Gasteiger partial charge < -0.3 is 19.9 Å². The third kappa shape index (κ3) is 10.2. The number of hydrogen-bond donors (Lipinski definition) is 3. The zero-order chi connectivity index (χ0) is 27.4. The highest BCUT2D eigenvalue weighted by molar-refractivity contribution is 7.91. The number of rotatable bonds is 16. The van der Waals surface area contributed by atoms with Crippen LogP contribution in [0.5, 0.6) is 5.75 Å². The molecule has 208 valence electrons. The van der Waals surface area contributed by atoms with E-state index in [4.69, 9.17) is 9.47 Å². The van der Waals surface area contributed by atoms with Gasteiger partial charge in [0.1, 0.15) is 18.5 Å². The van der Waals surface area contributed by atoms with E-state index in [2.05, 4.69) is 29.7 Å². The summed E-state index contributed by atoms with van der Waals surface area (Å²) in [4.78, 5) is 11.5. The summed E-state index contributed by atoms with van der Waals surface area (Å²) >= 11 is 0. The molecule has 1 aliphatic heterocycles. The van der Waals surface area contributed by atoms with Gasteiger partial charge in [0, 0.05) is 26.0 Å². The molecular weight excluding hydrogens is 506 g/mol. The van der Waals surface area contributed by atoms with Crippen molar-refractivity contribution in [3.05, 3.63) is 59.7 Å². The van der Waals surface area contributed by atoms with Crippen LogP contribution in [-0.2, 0) is 25.8 Å². The average Bonchev–Trinajstić information content (AvgIpc) is 2.91. The highest BCUT2D eigenvalue weighted by Crippen LogP contribution is 2.17. The Labute approximate surface area is 225 Å². The Hall–Kier alpha value is -2.79. The van der Waals surface area contributed by atoms with Crippen molar-refractivity contribution in [2.24, 2.45) is 11.0 Å². The minimum atomic E-state index is -3.42. The Balaban J connectivity index is 1.30. The number of aliphatic hydroxyl groups excluding tert-OH is 1. The second-order valence-electron chi connectivity index (χ2n) is 9.82. The minimum Gasteiger partial charge on any atom is -0.491 e. The van der Waals surface area contributed by atoms with Crippen LogP contribution >= 0.6 is 0 Å². The van der Waals surface area contributed by atoms with Crippen LogP contribution in [0.1, 0.15) is 44.2 Å². The lowest BCUT2D eigenvalue weighted by Crippen LogP contribution is -2.32. The molecule has 0 aliphatic carbocycles. The lowest BCUT2D eigenvalue weighted by atomic mass is 10.0. The predicted octanol–water partition coefficient (Wildman–Crippen LogP) is 2.71. The lowest BCUT2D eigenvalue weighted by Gasteiger charge is -2.14. The third-order valence-electron chi connectivity index (χ3n) is 5.95. The molecule has 0 radical (unpaired) electrons. The van der Waals surface area contributed by atoms with Gasteiger partial charge in [-0.1, -0.05) is 38.1 Å². The van der Waals surface area contributed by atoms with Crippen LogP contribution in [0.2, 0.25) is 0 Å². The SMILES string of the molecule is CC(C)COCCc1ccc(OCC(O)CNCCCS(=O)(=O)c2ccc(C3=NNC(=O)CC3)cc2)cc1. The topological polar surface area (TPSA) is 126 Å². The van der Waals surface area contributed by atoms with E-state index in [0.717, 1.165) is 24.3 Å².